The molecule has 4 aliphatic carbocycles. The lowest BCUT2D eigenvalue weighted by Crippen LogP contribution is -2.47. The average molecular weight is 352 g/mol. The Morgan fingerprint density at radius 3 is 2.30 bits per heavy atom. The average Bonchev–Trinajstić information content (AvgIpc) is 2.38. The van der Waals surface area contributed by atoms with Gasteiger partial charge in [-0.15, -0.1) is 11.8 Å². The fourth-order valence-electron chi connectivity index (χ4n) is 5.33. The Balaban J connectivity index is 1.50. The van der Waals surface area contributed by atoms with Gasteiger partial charge in [0.15, 0.2) is 0 Å². The lowest BCUT2D eigenvalue weighted by Gasteiger charge is -2.56. The van der Waals surface area contributed by atoms with Crippen LogP contribution in [0.25, 0.3) is 0 Å². The van der Waals surface area contributed by atoms with Crippen LogP contribution in [0.3, 0.4) is 0 Å². The van der Waals surface area contributed by atoms with Crippen LogP contribution in [-0.2, 0) is 0 Å². The molecule has 0 unspecified atom stereocenters. The molecular weight excluding hydrogens is 330 g/mol. The molecular formula is C17H22BrNS. The van der Waals surface area contributed by atoms with Gasteiger partial charge in [-0.2, -0.15) is 0 Å². The zero-order chi connectivity index (χ0) is 13.7. The van der Waals surface area contributed by atoms with Crippen molar-refractivity contribution in [2.75, 3.05) is 11.5 Å². The molecule has 0 saturated heterocycles. The number of benzene rings is 1. The highest BCUT2D eigenvalue weighted by atomic mass is 79.9. The maximum absolute atomic E-state index is 6.13. The molecule has 0 aliphatic heterocycles. The van der Waals surface area contributed by atoms with E-state index in [1.807, 2.05) is 23.9 Å². The van der Waals surface area contributed by atoms with Crippen LogP contribution in [0.2, 0.25) is 0 Å². The van der Waals surface area contributed by atoms with E-state index in [1.165, 1.54) is 49.2 Å². The van der Waals surface area contributed by atoms with Crippen molar-refractivity contribution in [1.29, 1.82) is 0 Å². The van der Waals surface area contributed by atoms with Crippen LogP contribution in [0.5, 0.6) is 0 Å². The van der Waals surface area contributed by atoms with Gasteiger partial charge in [0.25, 0.3) is 0 Å². The first-order chi connectivity index (χ1) is 9.62. The quantitative estimate of drug-likeness (QED) is 0.587. The van der Waals surface area contributed by atoms with Gasteiger partial charge in [-0.05, 0) is 79.9 Å². The number of thioether (sulfide) groups is 1. The standard InChI is InChI=1S/C17H22BrNS/c18-14-1-2-15(19)16(6-14)20-10-17-7-11-3-12(8-17)5-13(4-11)9-17/h1-2,6,11-13H,3-5,7-10,19H2. The van der Waals surface area contributed by atoms with Crippen LogP contribution in [-0.4, -0.2) is 5.75 Å². The summed E-state index contributed by atoms with van der Waals surface area (Å²) >= 11 is 5.56. The lowest BCUT2D eigenvalue weighted by atomic mass is 9.50. The van der Waals surface area contributed by atoms with Crippen molar-refractivity contribution in [3.8, 4) is 0 Å². The molecule has 4 fully saturated rings. The minimum atomic E-state index is 0.633. The van der Waals surface area contributed by atoms with Crippen molar-refractivity contribution in [2.45, 2.75) is 43.4 Å². The molecule has 4 bridgehead atoms. The van der Waals surface area contributed by atoms with Gasteiger partial charge in [-0.25, -0.2) is 0 Å². The number of hydrogen-bond donors (Lipinski definition) is 1. The van der Waals surface area contributed by atoms with E-state index in [4.69, 9.17) is 5.73 Å². The van der Waals surface area contributed by atoms with Crippen LogP contribution in [0.4, 0.5) is 5.69 Å². The molecule has 0 radical (unpaired) electrons. The first-order valence-electron chi connectivity index (χ1n) is 7.80. The third kappa shape index (κ3) is 2.41. The van der Waals surface area contributed by atoms with Gasteiger partial charge in [0.1, 0.15) is 0 Å². The molecule has 20 heavy (non-hydrogen) atoms. The van der Waals surface area contributed by atoms with E-state index in [-0.39, 0.29) is 0 Å². The zero-order valence-corrected chi connectivity index (χ0v) is 14.2. The molecule has 0 spiro atoms. The predicted octanol–water partition coefficient (Wildman–Crippen LogP) is 5.34. The second kappa shape index (κ2) is 4.95. The summed E-state index contributed by atoms with van der Waals surface area (Å²) in [6.45, 7) is 0. The minimum Gasteiger partial charge on any atom is -0.398 e. The van der Waals surface area contributed by atoms with E-state index in [0.717, 1.165) is 27.9 Å². The van der Waals surface area contributed by atoms with Crippen LogP contribution in [0, 0.1) is 23.2 Å². The molecule has 2 N–H and O–H groups in total. The summed E-state index contributed by atoms with van der Waals surface area (Å²) in [7, 11) is 0. The largest absolute Gasteiger partial charge is 0.398 e. The van der Waals surface area contributed by atoms with E-state index in [2.05, 4.69) is 22.0 Å². The highest BCUT2D eigenvalue weighted by molar-refractivity contribution is 9.10. The van der Waals surface area contributed by atoms with Crippen LogP contribution in [0.1, 0.15) is 38.5 Å². The summed E-state index contributed by atoms with van der Waals surface area (Å²) in [5.41, 5.74) is 7.69. The molecule has 5 rings (SSSR count). The van der Waals surface area contributed by atoms with Crippen LogP contribution in [0.15, 0.2) is 27.6 Å². The zero-order valence-electron chi connectivity index (χ0n) is 11.8. The minimum absolute atomic E-state index is 0.633. The molecule has 1 aromatic rings. The van der Waals surface area contributed by atoms with Crippen LogP contribution >= 0.6 is 27.7 Å². The molecule has 0 aromatic heterocycles. The van der Waals surface area contributed by atoms with Crippen molar-refractivity contribution in [2.24, 2.45) is 23.2 Å². The number of nitrogens with two attached hydrogens (primary N) is 1. The Hall–Kier alpha value is -0.150. The molecule has 4 aliphatic rings. The first-order valence-corrected chi connectivity index (χ1v) is 9.58. The second-order valence-corrected chi connectivity index (χ2v) is 9.32. The van der Waals surface area contributed by atoms with E-state index < -0.39 is 0 Å². The van der Waals surface area contributed by atoms with Crippen molar-refractivity contribution in [3.05, 3.63) is 22.7 Å². The van der Waals surface area contributed by atoms with E-state index >= 15 is 0 Å². The maximum Gasteiger partial charge on any atom is 0.0453 e. The van der Waals surface area contributed by atoms with Crippen molar-refractivity contribution in [3.63, 3.8) is 0 Å². The Labute approximate surface area is 134 Å². The monoisotopic (exact) mass is 351 g/mol. The predicted molar refractivity (Wildman–Crippen MR) is 89.9 cm³/mol. The van der Waals surface area contributed by atoms with Gasteiger partial charge in [-0.1, -0.05) is 15.9 Å². The van der Waals surface area contributed by atoms with Gasteiger partial charge in [0, 0.05) is 20.8 Å². The number of hydrogen-bond acceptors (Lipinski definition) is 2. The fraction of sp³-hybridized carbons (Fsp3) is 0.647. The van der Waals surface area contributed by atoms with Crippen molar-refractivity contribution < 1.29 is 0 Å². The summed E-state index contributed by atoms with van der Waals surface area (Å²) in [6, 6.07) is 6.23. The van der Waals surface area contributed by atoms with Gasteiger partial charge in [0.05, 0.1) is 0 Å². The molecule has 0 atom stereocenters. The number of halogens is 1. The smallest absolute Gasteiger partial charge is 0.0453 e. The summed E-state index contributed by atoms with van der Waals surface area (Å²) in [5, 5.41) is 0. The summed E-state index contributed by atoms with van der Waals surface area (Å²) in [6.07, 6.45) is 9.05. The Morgan fingerprint density at radius 2 is 1.70 bits per heavy atom. The van der Waals surface area contributed by atoms with E-state index in [0.29, 0.717) is 5.41 Å². The molecule has 0 heterocycles. The van der Waals surface area contributed by atoms with Gasteiger partial charge in [-0.3, -0.25) is 0 Å². The van der Waals surface area contributed by atoms with E-state index in [1.54, 1.807) is 0 Å². The third-order valence-electron chi connectivity index (χ3n) is 5.67. The summed E-state index contributed by atoms with van der Waals surface area (Å²) in [4.78, 5) is 1.26. The highest BCUT2D eigenvalue weighted by Crippen LogP contribution is 2.61. The fourth-order valence-corrected chi connectivity index (χ4v) is 7.10. The Kier molecular flexibility index (Phi) is 3.34. The molecule has 1 aromatic carbocycles. The number of nitrogen functional groups attached to an aromatic ring is 1. The summed E-state index contributed by atoms with van der Waals surface area (Å²) in [5.74, 6) is 4.40. The van der Waals surface area contributed by atoms with Gasteiger partial charge in [0.2, 0.25) is 0 Å². The Morgan fingerprint density at radius 1 is 1.10 bits per heavy atom. The number of rotatable bonds is 3. The molecule has 4 saturated carbocycles. The number of anilines is 1. The molecule has 1 nitrogen and oxygen atoms in total. The second-order valence-electron chi connectivity index (χ2n) is 7.39. The SMILES string of the molecule is Nc1ccc(Br)cc1SCC12CC3CC(CC(C3)C1)C2. The molecule has 3 heteroatoms. The van der Waals surface area contributed by atoms with Gasteiger partial charge >= 0.3 is 0 Å². The van der Waals surface area contributed by atoms with Crippen molar-refractivity contribution in [1.82, 2.24) is 0 Å². The van der Waals surface area contributed by atoms with Crippen LogP contribution < -0.4 is 5.73 Å². The third-order valence-corrected chi connectivity index (χ3v) is 7.59. The van der Waals surface area contributed by atoms with E-state index in [9.17, 15) is 0 Å². The molecule has 108 valence electrons. The molecule has 0 amide bonds. The topological polar surface area (TPSA) is 26.0 Å². The Bertz CT molecular complexity index is 492. The van der Waals surface area contributed by atoms with Crippen molar-refractivity contribution >= 4 is 33.4 Å². The summed E-state index contributed by atoms with van der Waals surface area (Å²) < 4.78 is 1.14. The van der Waals surface area contributed by atoms with Gasteiger partial charge < -0.3 is 5.73 Å². The highest BCUT2D eigenvalue weighted by Gasteiger charge is 2.50. The normalized spacial score (nSPS) is 38.4. The maximum atomic E-state index is 6.13. The first kappa shape index (κ1) is 13.5. The lowest BCUT2D eigenvalue weighted by molar-refractivity contribution is -0.0381.